The van der Waals surface area contributed by atoms with Crippen molar-refractivity contribution in [3.05, 3.63) is 99.8 Å². The van der Waals surface area contributed by atoms with Gasteiger partial charge in [0.05, 0.1) is 11.8 Å². The molecular weight excluding hydrogens is 604 g/mol. The van der Waals surface area contributed by atoms with E-state index < -0.39 is 24.0 Å². The van der Waals surface area contributed by atoms with Gasteiger partial charge in [0, 0.05) is 38.1 Å². The van der Waals surface area contributed by atoms with Crippen LogP contribution in [0.1, 0.15) is 58.3 Å². The van der Waals surface area contributed by atoms with Gasteiger partial charge in [0.25, 0.3) is 0 Å². The standard InChI is InChI=1S/C34H30F4N4O4/c1-18-11-24(45-29-6-4-3-5-27(29)35)16-28(36)31(18)42-33(39)26(17-40-42)32(44)23-12-21-14-25(20-7-9-41(10-8-20)19(2)43)30(46-34(37)38)15-22(21)13-23/h3-6,11,13-17,20,34H,7-10,12,39H2,1-2H3. The summed E-state index contributed by atoms with van der Waals surface area (Å²) < 4.78 is 67.7. The molecule has 6 rings (SSSR count). The molecule has 12 heteroatoms. The third-order valence-electron chi connectivity index (χ3n) is 8.42. The molecule has 46 heavy (non-hydrogen) atoms. The van der Waals surface area contributed by atoms with Crippen molar-refractivity contribution in [2.45, 2.75) is 45.6 Å². The molecule has 3 aromatic carbocycles. The highest BCUT2D eigenvalue weighted by atomic mass is 19.3. The minimum atomic E-state index is -3.03. The van der Waals surface area contributed by atoms with E-state index in [0.717, 1.165) is 16.3 Å². The van der Waals surface area contributed by atoms with E-state index in [0.29, 0.717) is 48.2 Å². The first-order valence-corrected chi connectivity index (χ1v) is 14.7. The zero-order chi connectivity index (χ0) is 32.7. The van der Waals surface area contributed by atoms with Crippen LogP contribution in [0.25, 0.3) is 11.8 Å². The number of benzene rings is 3. The molecular formula is C34H30F4N4O4. The molecule has 0 radical (unpaired) electrons. The Balaban J connectivity index is 1.24. The summed E-state index contributed by atoms with van der Waals surface area (Å²) in [5, 5.41) is 4.19. The fraction of sp³-hybridized carbons (Fsp3) is 0.265. The molecule has 0 spiro atoms. The first-order chi connectivity index (χ1) is 22.0. The Morgan fingerprint density at radius 2 is 1.76 bits per heavy atom. The number of aryl methyl sites for hydroxylation is 1. The van der Waals surface area contributed by atoms with E-state index in [4.69, 9.17) is 15.2 Å². The lowest BCUT2D eigenvalue weighted by atomic mass is 9.87. The number of ether oxygens (including phenoxy) is 2. The second-order valence-electron chi connectivity index (χ2n) is 11.4. The van der Waals surface area contributed by atoms with E-state index >= 15 is 4.39 Å². The Bertz CT molecular complexity index is 1860. The summed E-state index contributed by atoms with van der Waals surface area (Å²) in [6, 6.07) is 11.6. The number of alkyl halides is 2. The number of likely N-dealkylation sites (tertiary alicyclic amines) is 1. The molecule has 2 N–H and O–H groups in total. The van der Waals surface area contributed by atoms with Crippen molar-refractivity contribution in [1.29, 1.82) is 0 Å². The molecule has 238 valence electrons. The van der Waals surface area contributed by atoms with Crippen LogP contribution in [0.15, 0.2) is 60.3 Å². The Kier molecular flexibility index (Phi) is 8.28. The number of piperidine rings is 1. The van der Waals surface area contributed by atoms with Gasteiger partial charge in [-0.2, -0.15) is 13.9 Å². The first kappa shape index (κ1) is 30.9. The number of para-hydroxylation sites is 1. The molecule has 1 aliphatic heterocycles. The zero-order valence-electron chi connectivity index (χ0n) is 25.0. The van der Waals surface area contributed by atoms with Gasteiger partial charge in [-0.25, -0.2) is 13.5 Å². The van der Waals surface area contributed by atoms with Crippen LogP contribution in [0.5, 0.6) is 17.2 Å². The maximum atomic E-state index is 15.4. The molecule has 1 saturated heterocycles. The molecule has 1 aromatic heterocycles. The van der Waals surface area contributed by atoms with Crippen molar-refractivity contribution >= 4 is 23.6 Å². The fourth-order valence-electron chi connectivity index (χ4n) is 6.13. The van der Waals surface area contributed by atoms with Crippen LogP contribution in [0.2, 0.25) is 0 Å². The number of halogens is 4. The normalized spacial score (nSPS) is 14.8. The van der Waals surface area contributed by atoms with Crippen molar-refractivity contribution in [2.75, 3.05) is 18.8 Å². The number of carbonyl (C=O) groups is 2. The second kappa shape index (κ2) is 12.3. The molecule has 1 amide bonds. The first-order valence-electron chi connectivity index (χ1n) is 14.7. The lowest BCUT2D eigenvalue weighted by Gasteiger charge is -2.32. The monoisotopic (exact) mass is 634 g/mol. The third kappa shape index (κ3) is 5.94. The van der Waals surface area contributed by atoms with Crippen molar-refractivity contribution in [1.82, 2.24) is 14.7 Å². The van der Waals surface area contributed by atoms with Gasteiger partial charge in [-0.15, -0.1) is 0 Å². The average molecular weight is 635 g/mol. The predicted molar refractivity (Wildman–Crippen MR) is 162 cm³/mol. The van der Waals surface area contributed by atoms with Crippen LogP contribution in [0, 0.1) is 18.6 Å². The van der Waals surface area contributed by atoms with Gasteiger partial charge in [0.15, 0.2) is 23.2 Å². The summed E-state index contributed by atoms with van der Waals surface area (Å²) in [5.74, 6) is -1.96. The smallest absolute Gasteiger partial charge is 0.387 e. The van der Waals surface area contributed by atoms with E-state index in [2.05, 4.69) is 5.10 Å². The van der Waals surface area contributed by atoms with Gasteiger partial charge < -0.3 is 20.1 Å². The van der Waals surface area contributed by atoms with Crippen molar-refractivity contribution in [2.24, 2.45) is 0 Å². The van der Waals surface area contributed by atoms with E-state index in [1.165, 1.54) is 43.5 Å². The zero-order valence-corrected chi connectivity index (χ0v) is 25.0. The molecule has 1 fully saturated rings. The molecule has 2 heterocycles. The number of carbonyl (C=O) groups excluding carboxylic acids is 2. The molecule has 0 saturated carbocycles. The lowest BCUT2D eigenvalue weighted by molar-refractivity contribution is -0.129. The van der Waals surface area contributed by atoms with E-state index in [9.17, 15) is 22.8 Å². The number of nitrogens with two attached hydrogens (primary N) is 1. The summed E-state index contributed by atoms with van der Waals surface area (Å²) in [4.78, 5) is 27.1. The maximum Gasteiger partial charge on any atom is 0.387 e. The minimum Gasteiger partial charge on any atom is -0.454 e. The number of allylic oxidation sites excluding steroid dienone is 1. The Hall–Kier alpha value is -5.13. The quantitative estimate of drug-likeness (QED) is 0.166. The highest BCUT2D eigenvalue weighted by Crippen LogP contribution is 2.41. The molecule has 4 aromatic rings. The van der Waals surface area contributed by atoms with E-state index in [1.807, 2.05) is 0 Å². The highest BCUT2D eigenvalue weighted by molar-refractivity contribution is 6.15. The third-order valence-corrected chi connectivity index (χ3v) is 8.42. The number of fused-ring (bicyclic) bond motifs is 1. The van der Waals surface area contributed by atoms with Gasteiger partial charge in [-0.05, 0) is 78.3 Å². The molecule has 0 unspecified atom stereocenters. The number of nitrogen functional groups attached to an aromatic ring is 1. The fourth-order valence-corrected chi connectivity index (χ4v) is 6.13. The summed E-state index contributed by atoms with van der Waals surface area (Å²) in [7, 11) is 0. The van der Waals surface area contributed by atoms with Crippen LogP contribution in [0.4, 0.5) is 23.4 Å². The number of ketones is 1. The van der Waals surface area contributed by atoms with Gasteiger partial charge in [-0.1, -0.05) is 18.2 Å². The number of rotatable bonds is 8. The van der Waals surface area contributed by atoms with Crippen molar-refractivity contribution < 1.29 is 36.6 Å². The SMILES string of the molecule is CC(=O)N1CCC(c2cc3c(cc2OC(F)F)C=C(C(=O)c2cnn(-c4c(C)cc(Oc5ccccc5F)cc4F)c2N)C3)CC1. The summed E-state index contributed by atoms with van der Waals surface area (Å²) in [6.45, 7) is 1.09. The summed E-state index contributed by atoms with van der Waals surface area (Å²) in [5.41, 5.74) is 9.07. The minimum absolute atomic E-state index is 0.00428. The maximum absolute atomic E-state index is 15.4. The highest BCUT2D eigenvalue weighted by Gasteiger charge is 2.30. The molecule has 0 atom stereocenters. The Labute approximate surface area is 262 Å². The van der Waals surface area contributed by atoms with Crippen LogP contribution < -0.4 is 15.2 Å². The number of Topliss-reactive ketones (excluding diaryl/α,β-unsaturated/α-hetero) is 1. The summed E-state index contributed by atoms with van der Waals surface area (Å²) in [6.07, 6.45) is 4.28. The Morgan fingerprint density at radius 1 is 1.02 bits per heavy atom. The molecule has 1 aliphatic carbocycles. The van der Waals surface area contributed by atoms with Gasteiger partial charge in [0.1, 0.15) is 23.0 Å². The molecule has 2 aliphatic rings. The molecule has 0 bridgehead atoms. The average Bonchev–Trinajstić information content (AvgIpc) is 3.60. The van der Waals surface area contributed by atoms with Crippen LogP contribution in [-0.4, -0.2) is 46.1 Å². The van der Waals surface area contributed by atoms with Crippen molar-refractivity contribution in [3.63, 3.8) is 0 Å². The summed E-state index contributed by atoms with van der Waals surface area (Å²) >= 11 is 0. The van der Waals surface area contributed by atoms with Crippen LogP contribution in [0.3, 0.4) is 0 Å². The largest absolute Gasteiger partial charge is 0.454 e. The second-order valence-corrected chi connectivity index (χ2v) is 11.4. The van der Waals surface area contributed by atoms with Gasteiger partial charge in [-0.3, -0.25) is 9.59 Å². The number of hydrogen-bond acceptors (Lipinski definition) is 6. The van der Waals surface area contributed by atoms with Crippen molar-refractivity contribution in [3.8, 4) is 22.9 Å². The van der Waals surface area contributed by atoms with Crippen LogP contribution in [-0.2, 0) is 11.2 Å². The van der Waals surface area contributed by atoms with Gasteiger partial charge >= 0.3 is 6.61 Å². The number of amides is 1. The van der Waals surface area contributed by atoms with E-state index in [-0.39, 0.29) is 52.6 Å². The molecule has 8 nitrogen and oxygen atoms in total. The lowest BCUT2D eigenvalue weighted by Crippen LogP contribution is -2.36. The topological polar surface area (TPSA) is 99.7 Å². The van der Waals surface area contributed by atoms with Gasteiger partial charge in [0.2, 0.25) is 5.91 Å². The number of nitrogens with zero attached hydrogens (tertiary/aromatic N) is 3. The van der Waals surface area contributed by atoms with E-state index in [1.54, 1.807) is 30.0 Å². The number of anilines is 1. The Morgan fingerprint density at radius 3 is 2.43 bits per heavy atom. The number of hydrogen-bond donors (Lipinski definition) is 1. The van der Waals surface area contributed by atoms with Crippen LogP contribution >= 0.6 is 0 Å². The predicted octanol–water partition coefficient (Wildman–Crippen LogP) is 6.98. The number of aromatic nitrogens is 2.